The van der Waals surface area contributed by atoms with E-state index in [9.17, 15) is 0 Å². The molecule has 0 radical (unpaired) electrons. The topological polar surface area (TPSA) is 9.23 Å². The zero-order valence-electron chi connectivity index (χ0n) is 9.40. The van der Waals surface area contributed by atoms with Gasteiger partial charge < -0.3 is 4.74 Å². The van der Waals surface area contributed by atoms with E-state index in [2.05, 4.69) is 24.3 Å². The first-order chi connectivity index (χ1) is 8.36. The van der Waals surface area contributed by atoms with Gasteiger partial charge in [0, 0.05) is 17.5 Å². The first kappa shape index (κ1) is 10.7. The largest absolute Gasteiger partial charge is 0.493 e. The van der Waals surface area contributed by atoms with Gasteiger partial charge in [-0.25, -0.2) is 0 Å². The summed E-state index contributed by atoms with van der Waals surface area (Å²) in [6, 6.07) is 16.5. The van der Waals surface area contributed by atoms with Crippen LogP contribution in [-0.4, -0.2) is 6.61 Å². The van der Waals surface area contributed by atoms with Gasteiger partial charge in [0.1, 0.15) is 5.75 Å². The number of para-hydroxylation sites is 1. The van der Waals surface area contributed by atoms with Crippen LogP contribution in [0.1, 0.15) is 17.4 Å². The summed E-state index contributed by atoms with van der Waals surface area (Å²) in [7, 11) is 0. The van der Waals surface area contributed by atoms with Crippen LogP contribution in [0.5, 0.6) is 5.75 Å². The van der Waals surface area contributed by atoms with Gasteiger partial charge in [0.2, 0.25) is 0 Å². The number of benzene rings is 2. The highest BCUT2D eigenvalue weighted by Crippen LogP contribution is 2.42. The van der Waals surface area contributed by atoms with E-state index in [1.54, 1.807) is 0 Å². The molecule has 0 saturated carbocycles. The predicted molar refractivity (Wildman–Crippen MR) is 70.6 cm³/mol. The summed E-state index contributed by atoms with van der Waals surface area (Å²) in [4.78, 5) is 0. The maximum Gasteiger partial charge on any atom is 0.131 e. The highest BCUT2D eigenvalue weighted by atomic mass is 35.5. The standard InChI is InChI=1S/C15H13ClO/c16-14-9-10-17-15-12(7-4-8-13(14)15)11-5-2-1-3-6-11/h1-8,14H,9-10H2. The average Bonchev–Trinajstić information content (AvgIpc) is 2.40. The third-order valence-corrected chi connectivity index (χ3v) is 3.54. The molecule has 0 bridgehead atoms. The van der Waals surface area contributed by atoms with Crippen LogP contribution in [0.15, 0.2) is 48.5 Å². The fourth-order valence-corrected chi connectivity index (χ4v) is 2.49. The monoisotopic (exact) mass is 244 g/mol. The molecule has 86 valence electrons. The first-order valence-corrected chi connectivity index (χ1v) is 6.25. The fourth-order valence-electron chi connectivity index (χ4n) is 2.23. The summed E-state index contributed by atoms with van der Waals surface area (Å²) < 4.78 is 5.79. The maximum absolute atomic E-state index is 6.33. The minimum atomic E-state index is 0.0717. The Morgan fingerprint density at radius 3 is 2.65 bits per heavy atom. The van der Waals surface area contributed by atoms with E-state index in [0.29, 0.717) is 6.61 Å². The molecule has 2 aromatic rings. The first-order valence-electron chi connectivity index (χ1n) is 5.81. The Hall–Kier alpha value is -1.47. The van der Waals surface area contributed by atoms with Crippen LogP contribution < -0.4 is 4.74 Å². The summed E-state index contributed by atoms with van der Waals surface area (Å²) >= 11 is 6.33. The molecular weight excluding hydrogens is 232 g/mol. The molecule has 0 amide bonds. The van der Waals surface area contributed by atoms with Crippen molar-refractivity contribution in [2.24, 2.45) is 0 Å². The highest BCUT2D eigenvalue weighted by Gasteiger charge is 2.21. The number of halogens is 1. The van der Waals surface area contributed by atoms with E-state index in [1.807, 2.05) is 24.3 Å². The van der Waals surface area contributed by atoms with Crippen molar-refractivity contribution in [3.63, 3.8) is 0 Å². The number of fused-ring (bicyclic) bond motifs is 1. The quantitative estimate of drug-likeness (QED) is 0.675. The van der Waals surface area contributed by atoms with Crippen molar-refractivity contribution in [3.8, 4) is 16.9 Å². The lowest BCUT2D eigenvalue weighted by atomic mass is 9.97. The summed E-state index contributed by atoms with van der Waals surface area (Å²) in [5, 5.41) is 0.0717. The number of hydrogen-bond donors (Lipinski definition) is 0. The lowest BCUT2D eigenvalue weighted by Gasteiger charge is -2.24. The molecule has 1 unspecified atom stereocenters. The van der Waals surface area contributed by atoms with Crippen molar-refractivity contribution in [1.29, 1.82) is 0 Å². The number of ether oxygens (including phenoxy) is 1. The van der Waals surface area contributed by atoms with Crippen LogP contribution in [-0.2, 0) is 0 Å². The lowest BCUT2D eigenvalue weighted by Crippen LogP contribution is -2.11. The van der Waals surface area contributed by atoms with E-state index >= 15 is 0 Å². The molecular formula is C15H13ClO. The Bertz CT molecular complexity index is 522. The minimum absolute atomic E-state index is 0.0717. The van der Waals surface area contributed by atoms with Crippen LogP contribution in [0.25, 0.3) is 11.1 Å². The van der Waals surface area contributed by atoms with Gasteiger partial charge in [-0.2, -0.15) is 0 Å². The van der Waals surface area contributed by atoms with Crippen LogP contribution >= 0.6 is 11.6 Å². The minimum Gasteiger partial charge on any atom is -0.493 e. The van der Waals surface area contributed by atoms with Crippen molar-refractivity contribution in [3.05, 3.63) is 54.1 Å². The third kappa shape index (κ3) is 1.91. The molecule has 0 aliphatic carbocycles. The van der Waals surface area contributed by atoms with Crippen molar-refractivity contribution in [1.82, 2.24) is 0 Å². The van der Waals surface area contributed by atoms with Gasteiger partial charge in [-0.1, -0.05) is 48.5 Å². The van der Waals surface area contributed by atoms with Crippen molar-refractivity contribution >= 4 is 11.6 Å². The smallest absolute Gasteiger partial charge is 0.131 e. The van der Waals surface area contributed by atoms with Crippen molar-refractivity contribution < 1.29 is 4.74 Å². The van der Waals surface area contributed by atoms with Gasteiger partial charge in [-0.15, -0.1) is 11.6 Å². The third-order valence-electron chi connectivity index (χ3n) is 3.09. The summed E-state index contributed by atoms with van der Waals surface area (Å²) in [6.45, 7) is 0.699. The summed E-state index contributed by atoms with van der Waals surface area (Å²) in [5.41, 5.74) is 3.42. The predicted octanol–water partition coefficient (Wildman–Crippen LogP) is 4.42. The van der Waals surface area contributed by atoms with Crippen molar-refractivity contribution in [2.45, 2.75) is 11.8 Å². The second-order valence-corrected chi connectivity index (χ2v) is 4.72. The van der Waals surface area contributed by atoms with Gasteiger partial charge >= 0.3 is 0 Å². The molecule has 0 fully saturated rings. The molecule has 2 heteroatoms. The average molecular weight is 245 g/mol. The molecule has 17 heavy (non-hydrogen) atoms. The molecule has 0 N–H and O–H groups in total. The molecule has 1 aliphatic rings. The second-order valence-electron chi connectivity index (χ2n) is 4.19. The Kier molecular flexibility index (Phi) is 2.77. The zero-order chi connectivity index (χ0) is 11.7. The Balaban J connectivity index is 2.16. The van der Waals surface area contributed by atoms with Gasteiger partial charge in [0.05, 0.1) is 12.0 Å². The van der Waals surface area contributed by atoms with Crippen LogP contribution in [0.4, 0.5) is 0 Å². The maximum atomic E-state index is 6.33. The Morgan fingerprint density at radius 1 is 1.00 bits per heavy atom. The van der Waals surface area contributed by atoms with E-state index in [1.165, 1.54) is 5.56 Å². The molecule has 1 nitrogen and oxygen atoms in total. The van der Waals surface area contributed by atoms with Gasteiger partial charge in [-0.05, 0) is 5.56 Å². The number of rotatable bonds is 1. The molecule has 2 aromatic carbocycles. The summed E-state index contributed by atoms with van der Waals surface area (Å²) in [5.74, 6) is 0.949. The van der Waals surface area contributed by atoms with Gasteiger partial charge in [0.15, 0.2) is 0 Å². The Morgan fingerprint density at radius 2 is 1.82 bits per heavy atom. The van der Waals surface area contributed by atoms with E-state index in [0.717, 1.165) is 23.3 Å². The lowest BCUT2D eigenvalue weighted by molar-refractivity contribution is 0.286. The van der Waals surface area contributed by atoms with Crippen LogP contribution in [0.3, 0.4) is 0 Å². The molecule has 0 spiro atoms. The van der Waals surface area contributed by atoms with E-state index in [4.69, 9.17) is 16.3 Å². The molecule has 1 aliphatic heterocycles. The zero-order valence-corrected chi connectivity index (χ0v) is 10.2. The van der Waals surface area contributed by atoms with Gasteiger partial charge in [0.25, 0.3) is 0 Å². The molecule has 0 aromatic heterocycles. The van der Waals surface area contributed by atoms with Crippen LogP contribution in [0, 0.1) is 0 Å². The molecule has 3 rings (SSSR count). The SMILES string of the molecule is ClC1CCOc2c(-c3ccccc3)cccc21. The molecule has 1 heterocycles. The van der Waals surface area contributed by atoms with E-state index < -0.39 is 0 Å². The Labute approximate surface area is 106 Å². The second kappa shape index (κ2) is 4.42. The fraction of sp³-hybridized carbons (Fsp3) is 0.200. The molecule has 1 atom stereocenters. The number of alkyl halides is 1. The van der Waals surface area contributed by atoms with Crippen molar-refractivity contribution in [2.75, 3.05) is 6.61 Å². The van der Waals surface area contributed by atoms with Crippen LogP contribution in [0.2, 0.25) is 0 Å². The molecule has 0 saturated heterocycles. The van der Waals surface area contributed by atoms with Gasteiger partial charge in [-0.3, -0.25) is 0 Å². The summed E-state index contributed by atoms with van der Waals surface area (Å²) in [6.07, 6.45) is 0.882. The number of hydrogen-bond acceptors (Lipinski definition) is 1. The van der Waals surface area contributed by atoms with E-state index in [-0.39, 0.29) is 5.38 Å². The normalized spacial score (nSPS) is 18.3. The highest BCUT2D eigenvalue weighted by molar-refractivity contribution is 6.21.